The Balaban J connectivity index is 1.99. The molecule has 5 nitrogen and oxygen atoms in total. The van der Waals surface area contributed by atoms with Crippen LogP contribution in [0.15, 0.2) is 18.2 Å². The molecule has 1 saturated heterocycles. The summed E-state index contributed by atoms with van der Waals surface area (Å²) in [5, 5.41) is 0. The van der Waals surface area contributed by atoms with Crippen LogP contribution in [0.1, 0.15) is 37.3 Å². The maximum Gasteiger partial charge on any atom is 0.308 e. The van der Waals surface area contributed by atoms with Crippen LogP contribution in [0.3, 0.4) is 0 Å². The van der Waals surface area contributed by atoms with E-state index in [-0.39, 0.29) is 17.8 Å². The zero-order chi connectivity index (χ0) is 17.7. The number of benzene rings is 1. The number of amides is 1. The van der Waals surface area contributed by atoms with Gasteiger partial charge in [-0.1, -0.05) is 19.1 Å². The van der Waals surface area contributed by atoms with Gasteiger partial charge in [-0.25, -0.2) is 0 Å². The Labute approximate surface area is 143 Å². The molecule has 0 radical (unpaired) electrons. The molecule has 5 heteroatoms. The molecule has 132 valence electrons. The summed E-state index contributed by atoms with van der Waals surface area (Å²) in [7, 11) is 1.41. The van der Waals surface area contributed by atoms with Gasteiger partial charge < -0.3 is 14.4 Å². The number of piperidine rings is 1. The third-order valence-electron chi connectivity index (χ3n) is 4.60. The number of nitrogens with zero attached hydrogens (tertiary/aromatic N) is 1. The van der Waals surface area contributed by atoms with Crippen molar-refractivity contribution in [2.24, 2.45) is 5.92 Å². The first-order valence-corrected chi connectivity index (χ1v) is 8.56. The van der Waals surface area contributed by atoms with E-state index in [1.165, 1.54) is 7.11 Å². The minimum Gasteiger partial charge on any atom is -0.480 e. The number of esters is 1. The van der Waals surface area contributed by atoms with Crippen LogP contribution in [-0.4, -0.2) is 43.1 Å². The van der Waals surface area contributed by atoms with E-state index in [4.69, 9.17) is 9.47 Å². The average molecular weight is 333 g/mol. The van der Waals surface area contributed by atoms with Crippen LogP contribution in [0, 0.1) is 19.8 Å². The van der Waals surface area contributed by atoms with Crippen molar-refractivity contribution in [1.82, 2.24) is 4.90 Å². The van der Waals surface area contributed by atoms with Crippen LogP contribution in [0.25, 0.3) is 0 Å². The lowest BCUT2D eigenvalue weighted by molar-refractivity contribution is -0.150. The van der Waals surface area contributed by atoms with E-state index in [0.717, 1.165) is 16.9 Å². The minimum absolute atomic E-state index is 0.00159. The van der Waals surface area contributed by atoms with Gasteiger partial charge in [-0.05, 0) is 50.3 Å². The summed E-state index contributed by atoms with van der Waals surface area (Å²) in [5.41, 5.74) is 2.13. The summed E-state index contributed by atoms with van der Waals surface area (Å²) < 4.78 is 10.8. The molecule has 1 unspecified atom stereocenters. The number of rotatable bonds is 5. The summed E-state index contributed by atoms with van der Waals surface area (Å²) >= 11 is 0. The molecule has 1 aliphatic rings. The Kier molecular flexibility index (Phi) is 6.23. The predicted octanol–water partition coefficient (Wildman–Crippen LogP) is 2.87. The van der Waals surface area contributed by atoms with Gasteiger partial charge in [-0.3, -0.25) is 9.59 Å². The highest BCUT2D eigenvalue weighted by atomic mass is 16.5. The van der Waals surface area contributed by atoms with Crippen LogP contribution in [-0.2, 0) is 14.3 Å². The molecule has 2 rings (SSSR count). The average Bonchev–Trinajstić information content (AvgIpc) is 2.61. The zero-order valence-electron chi connectivity index (χ0n) is 15.0. The van der Waals surface area contributed by atoms with Crippen molar-refractivity contribution in [1.29, 1.82) is 0 Å². The number of methoxy groups -OCH3 is 1. The van der Waals surface area contributed by atoms with Crippen molar-refractivity contribution >= 4 is 11.9 Å². The fourth-order valence-electron chi connectivity index (χ4n) is 3.00. The van der Waals surface area contributed by atoms with Crippen molar-refractivity contribution in [3.63, 3.8) is 0 Å². The Hall–Kier alpha value is -2.04. The maximum absolute atomic E-state index is 12.8. The normalized spacial score (nSPS) is 16.6. The van der Waals surface area contributed by atoms with Crippen LogP contribution in [0.2, 0.25) is 0 Å². The first-order valence-electron chi connectivity index (χ1n) is 8.56. The molecule has 1 aliphatic heterocycles. The highest BCUT2D eigenvalue weighted by Crippen LogP contribution is 2.24. The standard InChI is InChI=1S/C19H27NO4/c1-5-16(24-17-12-13(2)6-7-14(17)3)18(21)20-10-8-15(9-11-20)19(22)23-4/h6-7,12,15-16H,5,8-11H2,1-4H3. The Morgan fingerprint density at radius 2 is 1.92 bits per heavy atom. The van der Waals surface area contributed by atoms with E-state index in [1.54, 1.807) is 4.90 Å². The summed E-state index contributed by atoms with van der Waals surface area (Å²) in [6.07, 6.45) is 1.43. The molecule has 24 heavy (non-hydrogen) atoms. The maximum atomic E-state index is 12.8. The molecule has 1 atom stereocenters. The third kappa shape index (κ3) is 4.28. The number of likely N-dealkylation sites (tertiary alicyclic amines) is 1. The van der Waals surface area contributed by atoms with Gasteiger partial charge in [-0.2, -0.15) is 0 Å². The predicted molar refractivity (Wildman–Crippen MR) is 91.9 cm³/mol. The Morgan fingerprint density at radius 1 is 1.25 bits per heavy atom. The fourth-order valence-corrected chi connectivity index (χ4v) is 3.00. The quantitative estimate of drug-likeness (QED) is 0.778. The Morgan fingerprint density at radius 3 is 2.50 bits per heavy atom. The number of carbonyl (C=O) groups excluding carboxylic acids is 2. The van der Waals surface area contributed by atoms with Gasteiger partial charge in [0.05, 0.1) is 13.0 Å². The minimum atomic E-state index is -0.486. The Bertz CT molecular complexity index is 591. The van der Waals surface area contributed by atoms with E-state index in [0.29, 0.717) is 32.4 Å². The SMILES string of the molecule is CCC(Oc1cc(C)ccc1C)C(=O)N1CCC(C(=O)OC)CC1. The summed E-state index contributed by atoms with van der Waals surface area (Å²) in [6.45, 7) is 7.09. The smallest absolute Gasteiger partial charge is 0.308 e. The number of aryl methyl sites for hydroxylation is 2. The second kappa shape index (κ2) is 8.18. The summed E-state index contributed by atoms with van der Waals surface area (Å²) in [6, 6.07) is 6.00. The van der Waals surface area contributed by atoms with Gasteiger partial charge in [0, 0.05) is 13.1 Å². The van der Waals surface area contributed by atoms with Crippen LogP contribution >= 0.6 is 0 Å². The van der Waals surface area contributed by atoms with Crippen LogP contribution < -0.4 is 4.74 Å². The number of ether oxygens (including phenoxy) is 2. The molecule has 1 heterocycles. The van der Waals surface area contributed by atoms with Crippen LogP contribution in [0.5, 0.6) is 5.75 Å². The van der Waals surface area contributed by atoms with E-state index < -0.39 is 6.10 Å². The molecule has 0 bridgehead atoms. The second-order valence-electron chi connectivity index (χ2n) is 6.41. The lowest BCUT2D eigenvalue weighted by Crippen LogP contribution is -2.46. The molecule has 0 aliphatic carbocycles. The first-order chi connectivity index (χ1) is 11.5. The number of hydrogen-bond donors (Lipinski definition) is 0. The fraction of sp³-hybridized carbons (Fsp3) is 0.579. The van der Waals surface area contributed by atoms with E-state index in [9.17, 15) is 9.59 Å². The van der Waals surface area contributed by atoms with E-state index in [1.807, 2.05) is 39.0 Å². The molecule has 0 aromatic heterocycles. The van der Waals surface area contributed by atoms with Gasteiger partial charge >= 0.3 is 5.97 Å². The van der Waals surface area contributed by atoms with Gasteiger partial charge in [0.15, 0.2) is 6.10 Å². The van der Waals surface area contributed by atoms with Crippen LogP contribution in [0.4, 0.5) is 0 Å². The molecule has 0 saturated carbocycles. The molecule has 1 aromatic carbocycles. The highest BCUT2D eigenvalue weighted by Gasteiger charge is 2.31. The lowest BCUT2D eigenvalue weighted by Gasteiger charge is -2.33. The summed E-state index contributed by atoms with van der Waals surface area (Å²) in [5.74, 6) is 0.487. The monoisotopic (exact) mass is 333 g/mol. The van der Waals surface area contributed by atoms with Gasteiger partial charge in [0.1, 0.15) is 5.75 Å². The van der Waals surface area contributed by atoms with Gasteiger partial charge in [-0.15, -0.1) is 0 Å². The third-order valence-corrected chi connectivity index (χ3v) is 4.60. The lowest BCUT2D eigenvalue weighted by atomic mass is 9.96. The molecule has 0 spiro atoms. The second-order valence-corrected chi connectivity index (χ2v) is 6.41. The first kappa shape index (κ1) is 18.3. The molecule has 0 N–H and O–H groups in total. The highest BCUT2D eigenvalue weighted by molar-refractivity contribution is 5.82. The topological polar surface area (TPSA) is 55.8 Å². The van der Waals surface area contributed by atoms with Crippen molar-refractivity contribution in [3.8, 4) is 5.75 Å². The molecule has 1 fully saturated rings. The summed E-state index contributed by atoms with van der Waals surface area (Å²) in [4.78, 5) is 26.2. The van der Waals surface area contributed by atoms with E-state index >= 15 is 0 Å². The molecular formula is C19H27NO4. The molecule has 1 amide bonds. The largest absolute Gasteiger partial charge is 0.480 e. The van der Waals surface area contributed by atoms with Crippen molar-refractivity contribution in [3.05, 3.63) is 29.3 Å². The number of carbonyl (C=O) groups is 2. The van der Waals surface area contributed by atoms with Gasteiger partial charge in [0.2, 0.25) is 0 Å². The van der Waals surface area contributed by atoms with Crippen molar-refractivity contribution in [2.75, 3.05) is 20.2 Å². The molecule has 1 aromatic rings. The zero-order valence-corrected chi connectivity index (χ0v) is 15.0. The van der Waals surface area contributed by atoms with Crippen molar-refractivity contribution in [2.45, 2.75) is 46.1 Å². The number of hydrogen-bond acceptors (Lipinski definition) is 4. The van der Waals surface area contributed by atoms with Gasteiger partial charge in [0.25, 0.3) is 5.91 Å². The van der Waals surface area contributed by atoms with Crippen molar-refractivity contribution < 1.29 is 19.1 Å². The molecular weight excluding hydrogens is 306 g/mol. The van der Waals surface area contributed by atoms with E-state index in [2.05, 4.69) is 0 Å².